The molecule has 0 bridgehead atoms. The van der Waals surface area contributed by atoms with Crippen molar-refractivity contribution in [1.82, 2.24) is 4.57 Å². The monoisotopic (exact) mass is 232 g/mol. The number of aryl methyl sites for hydroxylation is 1. The van der Waals surface area contributed by atoms with E-state index in [1.54, 1.807) is 44.6 Å². The highest BCUT2D eigenvalue weighted by Gasteiger charge is 2.08. The highest BCUT2D eigenvalue weighted by Crippen LogP contribution is 2.23. The quantitative estimate of drug-likeness (QED) is 0.861. The van der Waals surface area contributed by atoms with Crippen LogP contribution < -0.4 is 10.9 Å². The van der Waals surface area contributed by atoms with E-state index in [0.29, 0.717) is 16.8 Å². The largest absolute Gasteiger partial charge is 0.384 e. The Morgan fingerprint density at radius 1 is 1.29 bits per heavy atom. The van der Waals surface area contributed by atoms with Gasteiger partial charge in [-0.05, 0) is 12.1 Å². The number of anilines is 1. The Labute approximate surface area is 98.5 Å². The number of aromatic nitrogens is 1. The summed E-state index contributed by atoms with van der Waals surface area (Å²) >= 11 is 0. The van der Waals surface area contributed by atoms with Gasteiger partial charge in [0.1, 0.15) is 11.5 Å². The molecule has 1 heterocycles. The number of halogens is 1. The van der Waals surface area contributed by atoms with Gasteiger partial charge in [0.25, 0.3) is 5.56 Å². The van der Waals surface area contributed by atoms with Crippen LogP contribution in [-0.4, -0.2) is 11.6 Å². The van der Waals surface area contributed by atoms with Gasteiger partial charge in [-0.2, -0.15) is 0 Å². The van der Waals surface area contributed by atoms with Crippen LogP contribution in [0.4, 0.5) is 10.1 Å². The molecule has 0 radical (unpaired) electrons. The van der Waals surface area contributed by atoms with Gasteiger partial charge in [-0.15, -0.1) is 0 Å². The molecule has 0 aliphatic heterocycles. The van der Waals surface area contributed by atoms with Gasteiger partial charge in [-0.3, -0.25) is 4.79 Å². The van der Waals surface area contributed by atoms with Gasteiger partial charge in [0.05, 0.1) is 0 Å². The Kier molecular flexibility index (Phi) is 2.95. The summed E-state index contributed by atoms with van der Waals surface area (Å²) < 4.78 is 15.1. The smallest absolute Gasteiger partial charge is 0.273 e. The maximum atomic E-state index is 13.6. The molecule has 88 valence electrons. The average molecular weight is 232 g/mol. The summed E-state index contributed by atoms with van der Waals surface area (Å²) in [7, 11) is 3.31. The van der Waals surface area contributed by atoms with Crippen molar-refractivity contribution < 1.29 is 4.39 Å². The van der Waals surface area contributed by atoms with Crippen molar-refractivity contribution in [2.24, 2.45) is 7.05 Å². The van der Waals surface area contributed by atoms with Gasteiger partial charge in [0.15, 0.2) is 0 Å². The standard InChI is InChI=1S/C13H13FN2O/c1-15-12-7-9(8-16(2)13(12)17)10-5-3-4-6-11(10)14/h3-8,15H,1-2H3. The van der Waals surface area contributed by atoms with E-state index in [9.17, 15) is 9.18 Å². The Hall–Kier alpha value is -2.10. The zero-order chi connectivity index (χ0) is 12.4. The zero-order valence-electron chi connectivity index (χ0n) is 9.70. The van der Waals surface area contributed by atoms with Crippen LogP contribution in [0.2, 0.25) is 0 Å². The Bertz CT molecular complexity index is 605. The molecule has 0 spiro atoms. The molecule has 0 aliphatic carbocycles. The van der Waals surface area contributed by atoms with E-state index in [1.165, 1.54) is 10.6 Å². The molecular weight excluding hydrogens is 219 g/mol. The molecule has 0 fully saturated rings. The normalized spacial score (nSPS) is 10.3. The molecular formula is C13H13FN2O. The van der Waals surface area contributed by atoms with E-state index < -0.39 is 0 Å². The fourth-order valence-electron chi connectivity index (χ4n) is 1.73. The Morgan fingerprint density at radius 3 is 2.65 bits per heavy atom. The summed E-state index contributed by atoms with van der Waals surface area (Å²) in [4.78, 5) is 11.7. The molecule has 17 heavy (non-hydrogen) atoms. The van der Waals surface area contributed by atoms with E-state index in [4.69, 9.17) is 0 Å². The number of nitrogens with one attached hydrogen (secondary N) is 1. The Morgan fingerprint density at radius 2 is 2.00 bits per heavy atom. The fraction of sp³-hybridized carbons (Fsp3) is 0.154. The van der Waals surface area contributed by atoms with Gasteiger partial charge in [-0.25, -0.2) is 4.39 Å². The minimum atomic E-state index is -0.298. The maximum Gasteiger partial charge on any atom is 0.273 e. The highest BCUT2D eigenvalue weighted by molar-refractivity contribution is 5.67. The van der Waals surface area contributed by atoms with Crippen molar-refractivity contribution in [1.29, 1.82) is 0 Å². The summed E-state index contributed by atoms with van der Waals surface area (Å²) in [5.74, 6) is -0.298. The number of rotatable bonds is 2. The fourth-order valence-corrected chi connectivity index (χ4v) is 1.73. The first-order valence-electron chi connectivity index (χ1n) is 5.27. The molecule has 2 rings (SSSR count). The topological polar surface area (TPSA) is 34.0 Å². The molecule has 1 N–H and O–H groups in total. The molecule has 0 saturated heterocycles. The molecule has 0 unspecified atom stereocenters. The van der Waals surface area contributed by atoms with Gasteiger partial charge in [-0.1, -0.05) is 18.2 Å². The summed E-state index contributed by atoms with van der Waals surface area (Å²) in [5.41, 5.74) is 1.48. The van der Waals surface area contributed by atoms with E-state index in [1.807, 2.05) is 0 Å². The van der Waals surface area contributed by atoms with Crippen LogP contribution in [0.15, 0.2) is 41.3 Å². The first-order valence-corrected chi connectivity index (χ1v) is 5.27. The SMILES string of the molecule is CNc1cc(-c2ccccc2F)cn(C)c1=O. The van der Waals surface area contributed by atoms with Crippen LogP contribution in [-0.2, 0) is 7.05 Å². The lowest BCUT2D eigenvalue weighted by atomic mass is 10.1. The predicted octanol–water partition coefficient (Wildman–Crippen LogP) is 2.23. The Balaban J connectivity index is 2.65. The third-order valence-corrected chi connectivity index (χ3v) is 2.64. The third-order valence-electron chi connectivity index (χ3n) is 2.64. The van der Waals surface area contributed by atoms with Crippen LogP contribution in [0.25, 0.3) is 11.1 Å². The first kappa shape index (κ1) is 11.4. The van der Waals surface area contributed by atoms with Gasteiger partial charge >= 0.3 is 0 Å². The minimum absolute atomic E-state index is 0.132. The molecule has 2 aromatic rings. The summed E-state index contributed by atoms with van der Waals surface area (Å²) in [6.45, 7) is 0. The summed E-state index contributed by atoms with van der Waals surface area (Å²) in [6, 6.07) is 8.15. The number of benzene rings is 1. The van der Waals surface area contributed by atoms with E-state index in [2.05, 4.69) is 5.32 Å². The predicted molar refractivity (Wildman–Crippen MR) is 66.6 cm³/mol. The lowest BCUT2D eigenvalue weighted by Crippen LogP contribution is -2.19. The average Bonchev–Trinajstić information content (AvgIpc) is 2.33. The van der Waals surface area contributed by atoms with Gasteiger partial charge < -0.3 is 9.88 Å². The number of pyridine rings is 1. The van der Waals surface area contributed by atoms with Crippen LogP contribution in [0, 0.1) is 5.82 Å². The second kappa shape index (κ2) is 4.41. The van der Waals surface area contributed by atoms with Crippen molar-refractivity contribution in [3.05, 3.63) is 52.7 Å². The lowest BCUT2D eigenvalue weighted by Gasteiger charge is -2.08. The molecule has 0 amide bonds. The minimum Gasteiger partial charge on any atom is -0.384 e. The molecule has 3 nitrogen and oxygen atoms in total. The molecule has 0 saturated carbocycles. The summed E-state index contributed by atoms with van der Waals surface area (Å²) in [6.07, 6.45) is 1.63. The summed E-state index contributed by atoms with van der Waals surface area (Å²) in [5, 5.41) is 2.81. The van der Waals surface area contributed by atoms with Crippen molar-refractivity contribution in [3.63, 3.8) is 0 Å². The van der Waals surface area contributed by atoms with Crippen molar-refractivity contribution in [2.45, 2.75) is 0 Å². The van der Waals surface area contributed by atoms with Gasteiger partial charge in [0, 0.05) is 31.4 Å². The highest BCUT2D eigenvalue weighted by atomic mass is 19.1. The third kappa shape index (κ3) is 2.06. The first-order chi connectivity index (χ1) is 8.13. The van der Waals surface area contributed by atoms with E-state index >= 15 is 0 Å². The molecule has 1 aromatic carbocycles. The van der Waals surface area contributed by atoms with Crippen LogP contribution in [0.3, 0.4) is 0 Å². The van der Waals surface area contributed by atoms with Crippen LogP contribution >= 0.6 is 0 Å². The van der Waals surface area contributed by atoms with Crippen molar-refractivity contribution in [2.75, 3.05) is 12.4 Å². The van der Waals surface area contributed by atoms with E-state index in [-0.39, 0.29) is 11.4 Å². The molecule has 1 aromatic heterocycles. The van der Waals surface area contributed by atoms with Crippen LogP contribution in [0.1, 0.15) is 0 Å². The van der Waals surface area contributed by atoms with Crippen molar-refractivity contribution in [3.8, 4) is 11.1 Å². The van der Waals surface area contributed by atoms with Gasteiger partial charge in [0.2, 0.25) is 0 Å². The molecule has 0 aliphatic rings. The van der Waals surface area contributed by atoms with Crippen LogP contribution in [0.5, 0.6) is 0 Å². The lowest BCUT2D eigenvalue weighted by molar-refractivity contribution is 0.631. The molecule has 4 heteroatoms. The van der Waals surface area contributed by atoms with Crippen molar-refractivity contribution >= 4 is 5.69 Å². The number of hydrogen-bond donors (Lipinski definition) is 1. The zero-order valence-corrected chi connectivity index (χ0v) is 9.70. The van der Waals surface area contributed by atoms with E-state index in [0.717, 1.165) is 0 Å². The second-order valence-electron chi connectivity index (χ2n) is 3.79. The number of nitrogens with zero attached hydrogens (tertiary/aromatic N) is 1. The maximum absolute atomic E-state index is 13.6. The second-order valence-corrected chi connectivity index (χ2v) is 3.79. The molecule has 0 atom stereocenters. The number of hydrogen-bond acceptors (Lipinski definition) is 2.